The number of piperidine rings is 1. The van der Waals surface area contributed by atoms with Crippen LogP contribution < -0.4 is 25.0 Å². The number of nitrogens with zero attached hydrogens (tertiary/aromatic N) is 4. The average molecular weight is 704 g/mol. The topological polar surface area (TPSA) is 129 Å². The molecule has 266 valence electrons. The average Bonchev–Trinajstić information content (AvgIpc) is 3.07. The van der Waals surface area contributed by atoms with E-state index in [-0.39, 0.29) is 30.2 Å². The van der Waals surface area contributed by atoms with Crippen molar-refractivity contribution in [3.05, 3.63) is 64.8 Å². The highest BCUT2D eigenvalue weighted by molar-refractivity contribution is 7.92. The molecule has 1 saturated heterocycles. The molecule has 3 N–H and O–H groups in total. The van der Waals surface area contributed by atoms with Crippen molar-refractivity contribution in [2.45, 2.75) is 76.7 Å². The van der Waals surface area contributed by atoms with Crippen molar-refractivity contribution >= 4 is 39.1 Å². The summed E-state index contributed by atoms with van der Waals surface area (Å²) >= 11 is 0. The number of aromatic nitrogens is 2. The Labute approximate surface area is 285 Å². The highest BCUT2D eigenvalue weighted by atomic mass is 32.2. The lowest BCUT2D eigenvalue weighted by Crippen LogP contribution is -2.48. The number of likely N-dealkylation sites (tertiary alicyclic amines) is 1. The third kappa shape index (κ3) is 9.12. The Morgan fingerprint density at radius 3 is 2.43 bits per heavy atom. The lowest BCUT2D eigenvalue weighted by atomic mass is 9.92. The predicted octanol–water partition coefficient (Wildman–Crippen LogP) is 6.09. The predicted molar refractivity (Wildman–Crippen MR) is 184 cm³/mol. The molecular formula is C34H44F3N7O4S. The zero-order valence-electron chi connectivity index (χ0n) is 28.2. The molecule has 1 saturated carbocycles. The first kappa shape index (κ1) is 36.2. The molecule has 2 fully saturated rings. The molecule has 0 bridgehead atoms. The van der Waals surface area contributed by atoms with Gasteiger partial charge >= 0.3 is 6.18 Å². The number of carbonyl (C=O) groups excluding carboxylic acids is 1. The number of halogens is 3. The molecule has 0 atom stereocenters. The number of rotatable bonds is 11. The summed E-state index contributed by atoms with van der Waals surface area (Å²) in [5, 5.41) is 8.76. The first-order chi connectivity index (χ1) is 23.2. The van der Waals surface area contributed by atoms with Crippen LogP contribution in [0, 0.1) is 6.92 Å². The lowest BCUT2D eigenvalue weighted by molar-refractivity contribution is -0.137. The van der Waals surface area contributed by atoms with E-state index in [0.717, 1.165) is 42.1 Å². The number of hydrogen-bond acceptors (Lipinski definition) is 9. The van der Waals surface area contributed by atoms with Crippen LogP contribution in [0.5, 0.6) is 5.75 Å². The van der Waals surface area contributed by atoms with Gasteiger partial charge in [0, 0.05) is 50.5 Å². The number of amides is 1. The molecule has 1 aliphatic carbocycles. The summed E-state index contributed by atoms with van der Waals surface area (Å²) in [5.41, 5.74) is 1.21. The van der Waals surface area contributed by atoms with Crippen LogP contribution in [0.3, 0.4) is 0 Å². The molecule has 0 radical (unpaired) electrons. The van der Waals surface area contributed by atoms with Crippen molar-refractivity contribution in [2.24, 2.45) is 0 Å². The van der Waals surface area contributed by atoms with Gasteiger partial charge in [-0.15, -0.1) is 0 Å². The van der Waals surface area contributed by atoms with E-state index in [1.54, 1.807) is 43.3 Å². The number of aryl methyl sites for hydroxylation is 1. The molecule has 5 rings (SSSR count). The lowest BCUT2D eigenvalue weighted by Gasteiger charge is -2.39. The molecule has 1 aromatic heterocycles. The van der Waals surface area contributed by atoms with E-state index in [1.165, 1.54) is 46.3 Å². The summed E-state index contributed by atoms with van der Waals surface area (Å²) in [6.07, 6.45) is 5.14. The van der Waals surface area contributed by atoms with Crippen LogP contribution >= 0.6 is 0 Å². The van der Waals surface area contributed by atoms with E-state index in [1.807, 2.05) is 0 Å². The zero-order valence-corrected chi connectivity index (χ0v) is 29.0. The zero-order chi connectivity index (χ0) is 35.3. The molecule has 1 amide bonds. The number of benzene rings is 2. The number of carbonyl (C=O) groups is 1. The number of alkyl halides is 3. The van der Waals surface area contributed by atoms with Crippen molar-refractivity contribution in [3.8, 4) is 5.75 Å². The van der Waals surface area contributed by atoms with Gasteiger partial charge in [0.15, 0.2) is 0 Å². The summed E-state index contributed by atoms with van der Waals surface area (Å²) in [4.78, 5) is 23.7. The van der Waals surface area contributed by atoms with E-state index in [9.17, 15) is 26.4 Å². The van der Waals surface area contributed by atoms with Crippen molar-refractivity contribution in [1.82, 2.24) is 20.2 Å². The molecule has 15 heteroatoms. The number of methoxy groups -OCH3 is 1. The van der Waals surface area contributed by atoms with E-state index in [4.69, 9.17) is 4.74 Å². The molecule has 1 aliphatic heterocycles. The maximum atomic E-state index is 14.0. The Hall–Kier alpha value is -4.11. The minimum Gasteiger partial charge on any atom is -0.495 e. The summed E-state index contributed by atoms with van der Waals surface area (Å²) in [6.45, 7) is 3.57. The first-order valence-corrected chi connectivity index (χ1v) is 18.3. The standard InChI is InChI=1S/C34H44F3N7O4S/c1-22-10-11-24(29(18-22)43(2)49(4,46)47)20-38-31-27(34(35,36)37)21-39-33(42-31)41-28-13-12-23(19-30(28)48-3)32(45)40-25-14-16-44(17-15-25)26-8-6-5-7-9-26/h10-13,18-19,21,25-26H,5-9,14-17,20H2,1-4H3,(H,40,45)(H2,38,39,41,42). The van der Waals surface area contributed by atoms with Gasteiger partial charge in [-0.1, -0.05) is 31.4 Å². The Morgan fingerprint density at radius 2 is 1.78 bits per heavy atom. The van der Waals surface area contributed by atoms with Crippen LogP contribution in [0.4, 0.5) is 36.3 Å². The number of anilines is 4. The van der Waals surface area contributed by atoms with Crippen LogP contribution in [-0.4, -0.2) is 74.8 Å². The number of ether oxygens (including phenoxy) is 1. The summed E-state index contributed by atoms with van der Waals surface area (Å²) in [6, 6.07) is 10.5. The second-order valence-corrected chi connectivity index (χ2v) is 14.8. The molecule has 2 heterocycles. The SMILES string of the molecule is COc1cc(C(=O)NC2CCN(C3CCCCC3)CC2)ccc1Nc1ncc(C(F)(F)F)c(NCc2ccc(C)cc2N(C)S(C)(=O)=O)n1. The van der Waals surface area contributed by atoms with Crippen LogP contribution in [0.2, 0.25) is 0 Å². The van der Waals surface area contributed by atoms with Crippen LogP contribution in [-0.2, 0) is 22.7 Å². The molecule has 0 spiro atoms. The fourth-order valence-electron chi connectivity index (χ4n) is 6.44. The summed E-state index contributed by atoms with van der Waals surface area (Å²) < 4.78 is 73.0. The largest absolute Gasteiger partial charge is 0.495 e. The fraction of sp³-hybridized carbons (Fsp3) is 0.500. The molecule has 2 aromatic carbocycles. The van der Waals surface area contributed by atoms with Gasteiger partial charge in [0.1, 0.15) is 17.1 Å². The molecule has 11 nitrogen and oxygen atoms in total. The van der Waals surface area contributed by atoms with Crippen molar-refractivity contribution < 1.29 is 31.1 Å². The second-order valence-electron chi connectivity index (χ2n) is 12.8. The molecule has 49 heavy (non-hydrogen) atoms. The number of hydrogen-bond donors (Lipinski definition) is 3. The second kappa shape index (κ2) is 15.2. The van der Waals surface area contributed by atoms with Gasteiger partial charge in [-0.05, 0) is 68.0 Å². The van der Waals surface area contributed by atoms with Gasteiger partial charge in [0.2, 0.25) is 16.0 Å². The molecule has 3 aromatic rings. The Balaban J connectivity index is 1.28. The van der Waals surface area contributed by atoms with E-state index < -0.39 is 27.6 Å². The van der Waals surface area contributed by atoms with Gasteiger partial charge in [0.05, 0.1) is 24.7 Å². The summed E-state index contributed by atoms with van der Waals surface area (Å²) in [7, 11) is -0.822. The molecule has 0 unspecified atom stereocenters. The van der Waals surface area contributed by atoms with Crippen molar-refractivity contribution in [3.63, 3.8) is 0 Å². The van der Waals surface area contributed by atoms with Crippen LogP contribution in [0.1, 0.15) is 72.0 Å². The minimum absolute atomic E-state index is 0.0744. The first-order valence-electron chi connectivity index (χ1n) is 16.4. The molecule has 2 aliphatic rings. The number of sulfonamides is 1. The third-order valence-electron chi connectivity index (χ3n) is 9.28. The normalized spacial score (nSPS) is 16.6. The highest BCUT2D eigenvalue weighted by Gasteiger charge is 2.35. The van der Waals surface area contributed by atoms with E-state index >= 15 is 0 Å². The third-order valence-corrected chi connectivity index (χ3v) is 10.5. The van der Waals surface area contributed by atoms with E-state index in [2.05, 4.69) is 30.8 Å². The minimum atomic E-state index is -4.76. The van der Waals surface area contributed by atoms with Gasteiger partial charge in [0.25, 0.3) is 5.91 Å². The smallest absolute Gasteiger partial charge is 0.421 e. The molecular weight excluding hydrogens is 659 g/mol. The van der Waals surface area contributed by atoms with Crippen LogP contribution in [0.25, 0.3) is 0 Å². The highest BCUT2D eigenvalue weighted by Crippen LogP contribution is 2.36. The van der Waals surface area contributed by atoms with Gasteiger partial charge < -0.3 is 25.6 Å². The maximum Gasteiger partial charge on any atom is 0.421 e. The van der Waals surface area contributed by atoms with Gasteiger partial charge in [-0.25, -0.2) is 13.4 Å². The number of nitrogens with one attached hydrogen (secondary N) is 3. The van der Waals surface area contributed by atoms with Crippen molar-refractivity contribution in [1.29, 1.82) is 0 Å². The Morgan fingerprint density at radius 1 is 1.06 bits per heavy atom. The summed E-state index contributed by atoms with van der Waals surface area (Å²) in [5.74, 6) is -0.586. The van der Waals surface area contributed by atoms with Gasteiger partial charge in [-0.3, -0.25) is 9.10 Å². The fourth-order valence-corrected chi connectivity index (χ4v) is 6.97. The quantitative estimate of drug-likeness (QED) is 0.217. The van der Waals surface area contributed by atoms with Gasteiger partial charge in [-0.2, -0.15) is 18.2 Å². The monoisotopic (exact) mass is 703 g/mol. The maximum absolute atomic E-state index is 14.0. The Kier molecular flexibility index (Phi) is 11.2. The van der Waals surface area contributed by atoms with Crippen LogP contribution in [0.15, 0.2) is 42.6 Å². The Bertz CT molecular complexity index is 1740. The van der Waals surface area contributed by atoms with Crippen molar-refractivity contribution in [2.75, 3.05) is 48.4 Å². The van der Waals surface area contributed by atoms with E-state index in [0.29, 0.717) is 34.7 Å².